The zero-order valence-corrected chi connectivity index (χ0v) is 24.9. The molecular formula is C33H30F4N6O2. The lowest BCUT2D eigenvalue weighted by molar-refractivity contribution is -0.137. The summed E-state index contributed by atoms with van der Waals surface area (Å²) in [5, 5.41) is 17.5. The molecule has 0 bridgehead atoms. The lowest BCUT2D eigenvalue weighted by atomic mass is 9.78. The molecule has 1 aliphatic rings. The Morgan fingerprint density at radius 2 is 1.71 bits per heavy atom. The number of nitrogens with zero attached hydrogens (tertiary/aromatic N) is 5. The number of rotatable bonds is 7. The van der Waals surface area contributed by atoms with Crippen molar-refractivity contribution in [3.8, 4) is 11.9 Å². The normalized spacial score (nSPS) is 16.6. The molecule has 0 spiro atoms. The van der Waals surface area contributed by atoms with Gasteiger partial charge in [0.2, 0.25) is 0 Å². The Morgan fingerprint density at radius 3 is 2.31 bits per heavy atom. The van der Waals surface area contributed by atoms with Crippen molar-refractivity contribution in [1.29, 1.82) is 5.26 Å². The highest BCUT2D eigenvalue weighted by molar-refractivity contribution is 6.05. The first-order chi connectivity index (χ1) is 21.3. The van der Waals surface area contributed by atoms with E-state index in [1.165, 1.54) is 40.1 Å². The van der Waals surface area contributed by atoms with Crippen molar-refractivity contribution < 1.29 is 27.2 Å². The molecule has 45 heavy (non-hydrogen) atoms. The molecule has 5 rings (SSSR count). The Morgan fingerprint density at radius 1 is 1.04 bits per heavy atom. The smallest absolute Gasteiger partial charge is 0.339 e. The lowest BCUT2D eigenvalue weighted by Crippen LogP contribution is -2.56. The third-order valence-electron chi connectivity index (χ3n) is 8.18. The number of likely N-dealkylation sites (N-methyl/N-ethyl adjacent to an activating group) is 1. The van der Waals surface area contributed by atoms with E-state index in [1.807, 2.05) is 30.3 Å². The predicted molar refractivity (Wildman–Crippen MR) is 159 cm³/mol. The van der Waals surface area contributed by atoms with Crippen LogP contribution in [0.4, 0.5) is 23.4 Å². The van der Waals surface area contributed by atoms with Gasteiger partial charge in [0, 0.05) is 30.6 Å². The van der Waals surface area contributed by atoms with E-state index in [9.17, 15) is 32.4 Å². The number of carbonyl (C=O) groups is 2. The van der Waals surface area contributed by atoms with Crippen LogP contribution in [0.25, 0.3) is 5.69 Å². The van der Waals surface area contributed by atoms with Gasteiger partial charge in [0.05, 0.1) is 22.5 Å². The number of nitrogens with one attached hydrogen (secondary N) is 1. The van der Waals surface area contributed by atoms with Crippen molar-refractivity contribution in [2.24, 2.45) is 0 Å². The number of fused-ring (bicyclic) bond motifs is 1. The molecule has 232 valence electrons. The van der Waals surface area contributed by atoms with E-state index in [-0.39, 0.29) is 12.1 Å². The minimum Gasteiger partial charge on any atom is -0.339 e. The van der Waals surface area contributed by atoms with Gasteiger partial charge < -0.3 is 10.2 Å². The van der Waals surface area contributed by atoms with E-state index in [4.69, 9.17) is 5.10 Å². The fourth-order valence-electron chi connectivity index (χ4n) is 5.58. The van der Waals surface area contributed by atoms with Gasteiger partial charge in [-0.25, -0.2) is 9.07 Å². The van der Waals surface area contributed by atoms with Gasteiger partial charge in [0.15, 0.2) is 6.19 Å². The van der Waals surface area contributed by atoms with Crippen LogP contribution in [-0.2, 0) is 16.5 Å². The second kappa shape index (κ2) is 11.7. The highest BCUT2D eigenvalue weighted by atomic mass is 19.4. The highest BCUT2D eigenvalue weighted by Crippen LogP contribution is 2.47. The molecule has 1 aliphatic heterocycles. The summed E-state index contributed by atoms with van der Waals surface area (Å²) in [5.74, 6) is -2.50. The number of nitriles is 1. The molecule has 0 fully saturated rings. The lowest BCUT2D eigenvalue weighted by Gasteiger charge is -2.40. The molecule has 8 nitrogen and oxygen atoms in total. The highest BCUT2D eigenvalue weighted by Gasteiger charge is 2.49. The summed E-state index contributed by atoms with van der Waals surface area (Å²) in [5.41, 5.74) is -0.310. The van der Waals surface area contributed by atoms with Gasteiger partial charge in [-0.05, 0) is 68.8 Å². The summed E-state index contributed by atoms with van der Waals surface area (Å²) in [6.45, 7) is 5.49. The number of carbonyl (C=O) groups excluding carboxylic acids is 2. The minimum absolute atomic E-state index is 0.157. The number of hydrogen-bond acceptors (Lipinski definition) is 5. The number of halogens is 4. The molecule has 0 saturated heterocycles. The molecule has 1 aromatic heterocycles. The molecular weight excluding hydrogens is 588 g/mol. The minimum atomic E-state index is -4.68. The van der Waals surface area contributed by atoms with Crippen LogP contribution in [0.3, 0.4) is 0 Å². The zero-order valence-electron chi connectivity index (χ0n) is 24.9. The predicted octanol–water partition coefficient (Wildman–Crippen LogP) is 5.98. The van der Waals surface area contributed by atoms with Crippen LogP contribution >= 0.6 is 0 Å². The number of alkyl halides is 3. The fourth-order valence-corrected chi connectivity index (χ4v) is 5.58. The molecule has 0 unspecified atom stereocenters. The van der Waals surface area contributed by atoms with Crippen LogP contribution in [-0.4, -0.2) is 46.1 Å². The van der Waals surface area contributed by atoms with Gasteiger partial charge in [-0.2, -0.15) is 23.5 Å². The van der Waals surface area contributed by atoms with E-state index in [0.29, 0.717) is 28.3 Å². The summed E-state index contributed by atoms with van der Waals surface area (Å²) in [7, 11) is 1.60. The molecule has 12 heteroatoms. The molecule has 0 aliphatic carbocycles. The number of anilines is 1. The summed E-state index contributed by atoms with van der Waals surface area (Å²) in [4.78, 5) is 30.8. The first-order valence-corrected chi connectivity index (χ1v) is 14.2. The first kappa shape index (κ1) is 31.3. The maximum absolute atomic E-state index is 14.3. The van der Waals surface area contributed by atoms with Crippen LogP contribution in [0.15, 0.2) is 78.9 Å². The van der Waals surface area contributed by atoms with Crippen LogP contribution in [0, 0.1) is 17.3 Å². The Hall–Kier alpha value is -5.18. The molecule has 2 amide bonds. The molecule has 0 radical (unpaired) electrons. The standard InChI is InChI=1S/C33H30F4N6O2/c1-5-42-30-26(28(32(2,3)41(4)19-38)40-43(30)24-12-7-6-8-13-24)25(20-14-16-23(34)17-15-20)27(31(42)45)39-29(44)21-10-9-11-22(18-21)33(35,36)37/h6-18,25,27H,5H2,1-4H3,(H,39,44)/t25-,27-/m0/s1. The third-order valence-corrected chi connectivity index (χ3v) is 8.18. The number of aromatic nitrogens is 2. The van der Waals surface area contributed by atoms with Crippen molar-refractivity contribution in [1.82, 2.24) is 20.0 Å². The van der Waals surface area contributed by atoms with E-state index < -0.39 is 46.9 Å². The summed E-state index contributed by atoms with van der Waals surface area (Å²) in [6, 6.07) is 17.1. The maximum Gasteiger partial charge on any atom is 0.416 e. The molecule has 2 heterocycles. The van der Waals surface area contributed by atoms with Crippen molar-refractivity contribution in [2.75, 3.05) is 18.5 Å². The van der Waals surface area contributed by atoms with Crippen molar-refractivity contribution >= 4 is 17.6 Å². The summed E-state index contributed by atoms with van der Waals surface area (Å²) < 4.78 is 56.2. The average molecular weight is 619 g/mol. The number of para-hydroxylation sites is 1. The van der Waals surface area contributed by atoms with Gasteiger partial charge >= 0.3 is 6.18 Å². The van der Waals surface area contributed by atoms with Crippen LogP contribution < -0.4 is 10.2 Å². The van der Waals surface area contributed by atoms with Crippen LogP contribution in [0.1, 0.15) is 59.4 Å². The van der Waals surface area contributed by atoms with Gasteiger partial charge in [-0.1, -0.05) is 36.4 Å². The maximum atomic E-state index is 14.3. The quantitative estimate of drug-likeness (QED) is 0.156. The SMILES string of the molecule is CCN1C(=O)[C@@H](NC(=O)c2cccc(C(F)(F)F)c2)[C@@H](c2ccc(F)cc2)c2c(C(C)(C)N(C)C#N)nn(-c3ccccc3)c21. The third kappa shape index (κ3) is 5.61. The molecule has 1 N–H and O–H groups in total. The van der Waals surface area contributed by atoms with E-state index >= 15 is 0 Å². The molecule has 0 saturated carbocycles. The van der Waals surface area contributed by atoms with E-state index in [2.05, 4.69) is 11.5 Å². The van der Waals surface area contributed by atoms with Gasteiger partial charge in [0.25, 0.3) is 11.8 Å². The van der Waals surface area contributed by atoms with Crippen molar-refractivity contribution in [3.63, 3.8) is 0 Å². The largest absolute Gasteiger partial charge is 0.416 e. The fraction of sp³-hybridized carbons (Fsp3) is 0.273. The first-order valence-electron chi connectivity index (χ1n) is 14.2. The van der Waals surface area contributed by atoms with Gasteiger partial charge in [-0.3, -0.25) is 14.5 Å². The Labute approximate surface area is 257 Å². The Bertz CT molecular complexity index is 1780. The van der Waals surface area contributed by atoms with Crippen molar-refractivity contribution in [2.45, 2.75) is 44.4 Å². The zero-order chi connectivity index (χ0) is 32.7. The van der Waals surface area contributed by atoms with Gasteiger partial charge in [0.1, 0.15) is 17.7 Å². The molecule has 2 atom stereocenters. The monoisotopic (exact) mass is 618 g/mol. The van der Waals surface area contributed by atoms with E-state index in [1.54, 1.807) is 32.5 Å². The van der Waals surface area contributed by atoms with Crippen molar-refractivity contribution in [3.05, 3.63) is 113 Å². The number of benzene rings is 3. The number of amides is 2. The molecule has 4 aromatic rings. The second-order valence-electron chi connectivity index (χ2n) is 11.2. The number of hydrogen-bond donors (Lipinski definition) is 1. The topological polar surface area (TPSA) is 94.3 Å². The van der Waals surface area contributed by atoms with E-state index in [0.717, 1.165) is 18.2 Å². The molecule has 3 aromatic carbocycles. The second-order valence-corrected chi connectivity index (χ2v) is 11.2. The van der Waals surface area contributed by atoms with Gasteiger partial charge in [-0.15, -0.1) is 0 Å². The Balaban J connectivity index is 1.77. The Kier molecular flexibility index (Phi) is 8.14. The average Bonchev–Trinajstić information content (AvgIpc) is 3.42. The summed E-state index contributed by atoms with van der Waals surface area (Å²) >= 11 is 0. The van der Waals surface area contributed by atoms with Crippen LogP contribution in [0.5, 0.6) is 0 Å². The van der Waals surface area contributed by atoms with Crippen LogP contribution in [0.2, 0.25) is 0 Å². The summed E-state index contributed by atoms with van der Waals surface area (Å²) in [6.07, 6.45) is -2.55.